The van der Waals surface area contributed by atoms with Crippen molar-refractivity contribution in [3.63, 3.8) is 0 Å². The van der Waals surface area contributed by atoms with Crippen LogP contribution in [0.5, 0.6) is 0 Å². The van der Waals surface area contributed by atoms with Crippen molar-refractivity contribution in [3.8, 4) is 0 Å². The van der Waals surface area contributed by atoms with Crippen LogP contribution in [0.1, 0.15) is 46.1 Å². The fourth-order valence-electron chi connectivity index (χ4n) is 2.52. The first kappa shape index (κ1) is 22.5. The third-order valence-corrected chi connectivity index (χ3v) is 3.92. The average Bonchev–Trinajstić information content (AvgIpc) is 2.57. The molecule has 7 heteroatoms. The number of carbonyl (C=O) groups excluding carboxylic acids is 2. The molecule has 0 heterocycles. The Morgan fingerprint density at radius 2 is 1.78 bits per heavy atom. The SMILES string of the molecule is CC[C@H](CCNC(=O)OC(C)(C)C)C(=O)N[C@@H](Cc1ccccc1)C(=O)O. The number of carboxylic acid groups (broad SMARTS) is 1. The van der Waals surface area contributed by atoms with E-state index >= 15 is 0 Å². The van der Waals surface area contributed by atoms with Gasteiger partial charge in [0.25, 0.3) is 0 Å². The van der Waals surface area contributed by atoms with E-state index in [9.17, 15) is 19.5 Å². The van der Waals surface area contributed by atoms with Crippen molar-refractivity contribution in [1.29, 1.82) is 0 Å². The van der Waals surface area contributed by atoms with Gasteiger partial charge in [-0.15, -0.1) is 0 Å². The van der Waals surface area contributed by atoms with Crippen molar-refractivity contribution in [2.45, 2.75) is 58.6 Å². The van der Waals surface area contributed by atoms with Crippen LogP contribution in [0.15, 0.2) is 30.3 Å². The molecule has 0 spiro atoms. The van der Waals surface area contributed by atoms with E-state index in [4.69, 9.17) is 4.74 Å². The first-order valence-electron chi connectivity index (χ1n) is 9.16. The van der Waals surface area contributed by atoms with Gasteiger partial charge in [-0.3, -0.25) is 4.79 Å². The predicted octanol–water partition coefficient (Wildman–Crippen LogP) is 2.74. The van der Waals surface area contributed by atoms with Gasteiger partial charge in [0, 0.05) is 18.9 Å². The topological polar surface area (TPSA) is 105 Å². The van der Waals surface area contributed by atoms with Gasteiger partial charge in [0.1, 0.15) is 11.6 Å². The molecule has 2 amide bonds. The van der Waals surface area contributed by atoms with Crippen LogP contribution >= 0.6 is 0 Å². The van der Waals surface area contributed by atoms with Gasteiger partial charge in [0.15, 0.2) is 0 Å². The molecule has 1 rings (SSSR count). The Kier molecular flexibility index (Phi) is 8.78. The Bertz CT molecular complexity index is 625. The van der Waals surface area contributed by atoms with Gasteiger partial charge < -0.3 is 20.5 Å². The highest BCUT2D eigenvalue weighted by Gasteiger charge is 2.25. The number of hydrogen-bond acceptors (Lipinski definition) is 4. The average molecular weight is 378 g/mol. The van der Waals surface area contributed by atoms with Gasteiger partial charge >= 0.3 is 12.1 Å². The van der Waals surface area contributed by atoms with Crippen LogP contribution in [-0.4, -0.2) is 41.3 Å². The number of ether oxygens (including phenoxy) is 1. The third kappa shape index (κ3) is 9.08. The summed E-state index contributed by atoms with van der Waals surface area (Å²) in [4.78, 5) is 35.6. The van der Waals surface area contributed by atoms with E-state index in [1.54, 1.807) is 20.8 Å². The van der Waals surface area contributed by atoms with Crippen LogP contribution in [0.4, 0.5) is 4.79 Å². The predicted molar refractivity (Wildman–Crippen MR) is 102 cm³/mol. The summed E-state index contributed by atoms with van der Waals surface area (Å²) in [7, 11) is 0. The maximum atomic E-state index is 12.5. The third-order valence-electron chi connectivity index (χ3n) is 3.92. The fourth-order valence-corrected chi connectivity index (χ4v) is 2.52. The second-order valence-electron chi connectivity index (χ2n) is 7.41. The molecule has 0 aliphatic rings. The molecule has 1 aromatic rings. The zero-order valence-electron chi connectivity index (χ0n) is 16.5. The van der Waals surface area contributed by atoms with Crippen LogP contribution in [0.3, 0.4) is 0 Å². The Balaban J connectivity index is 2.54. The van der Waals surface area contributed by atoms with E-state index in [2.05, 4.69) is 10.6 Å². The minimum absolute atomic E-state index is 0.217. The van der Waals surface area contributed by atoms with Crippen molar-refractivity contribution < 1.29 is 24.2 Å². The van der Waals surface area contributed by atoms with Crippen LogP contribution in [0, 0.1) is 5.92 Å². The lowest BCUT2D eigenvalue weighted by Crippen LogP contribution is -2.45. The molecule has 0 radical (unpaired) electrons. The standard InChI is InChI=1S/C20H30N2O5/c1-5-15(11-12-21-19(26)27-20(2,3)4)17(23)22-16(18(24)25)13-14-9-7-6-8-10-14/h6-10,15-16H,5,11-13H2,1-4H3,(H,21,26)(H,22,23)(H,24,25)/t15-,16+/m1/s1. The van der Waals surface area contributed by atoms with Gasteiger partial charge in [-0.1, -0.05) is 37.3 Å². The molecule has 27 heavy (non-hydrogen) atoms. The molecule has 150 valence electrons. The number of alkyl carbamates (subject to hydrolysis) is 1. The van der Waals surface area contributed by atoms with Crippen molar-refractivity contribution in [2.24, 2.45) is 5.92 Å². The molecule has 7 nitrogen and oxygen atoms in total. The molecule has 0 aliphatic heterocycles. The quantitative estimate of drug-likeness (QED) is 0.613. The largest absolute Gasteiger partial charge is 0.480 e. The van der Waals surface area contributed by atoms with Crippen LogP contribution in [0.25, 0.3) is 0 Å². The summed E-state index contributed by atoms with van der Waals surface area (Å²) < 4.78 is 5.15. The van der Waals surface area contributed by atoms with Gasteiger partial charge in [0.2, 0.25) is 5.91 Å². The van der Waals surface area contributed by atoms with Gasteiger partial charge in [0.05, 0.1) is 0 Å². The van der Waals surface area contributed by atoms with E-state index in [0.29, 0.717) is 12.8 Å². The minimum atomic E-state index is -1.08. The van der Waals surface area contributed by atoms with Crippen LogP contribution in [0.2, 0.25) is 0 Å². The molecule has 1 aromatic carbocycles. The molecule has 0 saturated heterocycles. The van der Waals surface area contributed by atoms with E-state index in [1.807, 2.05) is 37.3 Å². The van der Waals surface area contributed by atoms with Gasteiger partial charge in [-0.2, -0.15) is 0 Å². The monoisotopic (exact) mass is 378 g/mol. The summed E-state index contributed by atoms with van der Waals surface area (Å²) in [6, 6.07) is 8.16. The highest BCUT2D eigenvalue weighted by molar-refractivity contribution is 5.85. The fraction of sp³-hybridized carbons (Fsp3) is 0.550. The Morgan fingerprint density at radius 1 is 1.15 bits per heavy atom. The molecular weight excluding hydrogens is 348 g/mol. The second-order valence-corrected chi connectivity index (χ2v) is 7.41. The van der Waals surface area contributed by atoms with Crippen LogP contribution in [-0.2, 0) is 20.7 Å². The van der Waals surface area contributed by atoms with E-state index in [0.717, 1.165) is 5.56 Å². The van der Waals surface area contributed by atoms with E-state index in [-0.39, 0.29) is 18.9 Å². The summed E-state index contributed by atoms with van der Waals surface area (Å²) in [5.41, 5.74) is 0.252. The van der Waals surface area contributed by atoms with Gasteiger partial charge in [-0.05, 0) is 39.2 Å². The minimum Gasteiger partial charge on any atom is -0.480 e. The first-order chi connectivity index (χ1) is 12.6. The molecule has 0 aliphatic carbocycles. The van der Waals surface area contributed by atoms with E-state index in [1.165, 1.54) is 0 Å². The van der Waals surface area contributed by atoms with Crippen molar-refractivity contribution >= 4 is 18.0 Å². The highest BCUT2D eigenvalue weighted by atomic mass is 16.6. The number of carbonyl (C=O) groups is 3. The highest BCUT2D eigenvalue weighted by Crippen LogP contribution is 2.11. The maximum absolute atomic E-state index is 12.5. The Hall–Kier alpha value is -2.57. The summed E-state index contributed by atoms with van der Waals surface area (Å²) in [6.07, 6.45) is 0.623. The molecule has 0 aromatic heterocycles. The zero-order valence-corrected chi connectivity index (χ0v) is 16.5. The lowest BCUT2D eigenvalue weighted by Gasteiger charge is -2.21. The van der Waals surface area contributed by atoms with Crippen molar-refractivity contribution in [1.82, 2.24) is 10.6 Å². The lowest BCUT2D eigenvalue weighted by molar-refractivity contribution is -0.142. The normalized spacial score (nSPS) is 13.3. The molecule has 0 fully saturated rings. The maximum Gasteiger partial charge on any atom is 0.407 e. The summed E-state index contributed by atoms with van der Waals surface area (Å²) in [6.45, 7) is 7.44. The van der Waals surface area contributed by atoms with Crippen LogP contribution < -0.4 is 10.6 Å². The number of nitrogens with one attached hydrogen (secondary N) is 2. The number of rotatable bonds is 9. The molecule has 3 N–H and O–H groups in total. The first-order valence-corrected chi connectivity index (χ1v) is 9.16. The summed E-state index contributed by atoms with van der Waals surface area (Å²) in [5, 5.41) is 14.6. The van der Waals surface area contributed by atoms with Gasteiger partial charge in [-0.25, -0.2) is 9.59 Å². The van der Waals surface area contributed by atoms with E-state index < -0.39 is 29.6 Å². The molecule has 0 unspecified atom stereocenters. The molecule has 2 atom stereocenters. The van der Waals surface area contributed by atoms with Crippen molar-refractivity contribution in [3.05, 3.63) is 35.9 Å². The summed E-state index contributed by atoms with van der Waals surface area (Å²) in [5.74, 6) is -1.79. The number of amides is 2. The number of carboxylic acids is 1. The summed E-state index contributed by atoms with van der Waals surface area (Å²) >= 11 is 0. The van der Waals surface area contributed by atoms with Crippen molar-refractivity contribution in [2.75, 3.05) is 6.54 Å². The zero-order chi connectivity index (χ0) is 20.4. The number of aliphatic carboxylic acids is 1. The molecular formula is C20H30N2O5. The Labute approximate surface area is 160 Å². The number of benzene rings is 1. The smallest absolute Gasteiger partial charge is 0.407 e. The molecule has 0 bridgehead atoms. The second kappa shape index (κ2) is 10.5. The lowest BCUT2D eigenvalue weighted by atomic mass is 9.99. The molecule has 0 saturated carbocycles. The number of hydrogen-bond donors (Lipinski definition) is 3. The Morgan fingerprint density at radius 3 is 2.30 bits per heavy atom.